The summed E-state index contributed by atoms with van der Waals surface area (Å²) in [6, 6.07) is 1.53. The monoisotopic (exact) mass is 226 g/mol. The van der Waals surface area contributed by atoms with Gasteiger partial charge in [-0.25, -0.2) is 0 Å². The molecule has 2 heterocycles. The number of nitrogens with zero attached hydrogens (tertiary/aromatic N) is 3. The fourth-order valence-corrected chi connectivity index (χ4v) is 1.17. The van der Waals surface area contributed by atoms with Crippen LogP contribution in [0.5, 0.6) is 0 Å². The van der Waals surface area contributed by atoms with E-state index in [9.17, 15) is 4.79 Å². The van der Waals surface area contributed by atoms with E-state index in [0.717, 1.165) is 0 Å². The van der Waals surface area contributed by atoms with Crippen LogP contribution in [0.2, 0.25) is 5.02 Å². The lowest BCUT2D eigenvalue weighted by Gasteiger charge is -1.98. The number of aromatic amines is 2. The van der Waals surface area contributed by atoms with Gasteiger partial charge in [-0.3, -0.25) is 4.79 Å². The van der Waals surface area contributed by atoms with Crippen LogP contribution in [0.1, 0.15) is 16.3 Å². The molecule has 15 heavy (non-hydrogen) atoms. The fraction of sp³-hybridized carbons (Fsp3) is 0.143. The molecular weight excluding hydrogens is 220 g/mol. The number of halogens is 1. The summed E-state index contributed by atoms with van der Waals surface area (Å²) in [5.74, 6) is 0.146. The molecule has 0 radical (unpaired) electrons. The van der Waals surface area contributed by atoms with Crippen molar-refractivity contribution in [2.45, 2.75) is 6.54 Å². The van der Waals surface area contributed by atoms with Gasteiger partial charge < -0.3 is 10.3 Å². The highest BCUT2D eigenvalue weighted by atomic mass is 35.5. The van der Waals surface area contributed by atoms with Gasteiger partial charge in [0.15, 0.2) is 5.82 Å². The molecule has 7 nitrogen and oxygen atoms in total. The Bertz CT molecular complexity index is 450. The van der Waals surface area contributed by atoms with Crippen molar-refractivity contribution in [1.82, 2.24) is 30.9 Å². The minimum Gasteiger partial charge on any atom is -0.356 e. The van der Waals surface area contributed by atoms with Crippen LogP contribution in [0.3, 0.4) is 0 Å². The van der Waals surface area contributed by atoms with Gasteiger partial charge in [0, 0.05) is 6.20 Å². The first kappa shape index (κ1) is 9.66. The Kier molecular flexibility index (Phi) is 2.64. The lowest BCUT2D eigenvalue weighted by molar-refractivity contribution is 0.0945. The van der Waals surface area contributed by atoms with E-state index in [1.54, 1.807) is 0 Å². The van der Waals surface area contributed by atoms with Gasteiger partial charge >= 0.3 is 0 Å². The zero-order chi connectivity index (χ0) is 10.7. The molecule has 2 aromatic rings. The molecule has 1 amide bonds. The molecule has 0 aliphatic rings. The van der Waals surface area contributed by atoms with E-state index in [1.165, 1.54) is 12.3 Å². The second-order valence-electron chi connectivity index (χ2n) is 2.74. The van der Waals surface area contributed by atoms with Crippen molar-refractivity contribution in [3.8, 4) is 0 Å². The van der Waals surface area contributed by atoms with E-state index in [4.69, 9.17) is 11.6 Å². The minimum absolute atomic E-state index is 0.214. The highest BCUT2D eigenvalue weighted by Gasteiger charge is 2.08. The number of hydrogen-bond acceptors (Lipinski definition) is 4. The van der Waals surface area contributed by atoms with Crippen molar-refractivity contribution >= 4 is 17.5 Å². The molecule has 0 unspecified atom stereocenters. The number of tetrazole rings is 1. The Morgan fingerprint density at radius 2 is 2.47 bits per heavy atom. The molecular formula is C7H7ClN6O. The predicted octanol–water partition coefficient (Wildman–Crippen LogP) is 0.111. The van der Waals surface area contributed by atoms with Gasteiger partial charge in [0.05, 0.1) is 11.6 Å². The van der Waals surface area contributed by atoms with Crippen LogP contribution in [0.4, 0.5) is 0 Å². The fourth-order valence-electron chi connectivity index (χ4n) is 1.01. The number of nitrogens with one attached hydrogen (secondary N) is 3. The third-order valence-electron chi connectivity index (χ3n) is 1.69. The largest absolute Gasteiger partial charge is 0.356 e. The van der Waals surface area contributed by atoms with Crippen molar-refractivity contribution in [3.05, 3.63) is 28.8 Å². The van der Waals surface area contributed by atoms with E-state index in [1.807, 2.05) is 0 Å². The molecule has 0 aliphatic carbocycles. The van der Waals surface area contributed by atoms with E-state index in [0.29, 0.717) is 16.5 Å². The van der Waals surface area contributed by atoms with Crippen molar-refractivity contribution in [3.63, 3.8) is 0 Å². The quantitative estimate of drug-likeness (QED) is 0.692. The summed E-state index contributed by atoms with van der Waals surface area (Å²) in [4.78, 5) is 14.2. The summed E-state index contributed by atoms with van der Waals surface area (Å²) in [7, 11) is 0. The molecule has 2 rings (SSSR count). The summed E-state index contributed by atoms with van der Waals surface area (Å²) in [5, 5.41) is 16.1. The highest BCUT2D eigenvalue weighted by Crippen LogP contribution is 2.08. The van der Waals surface area contributed by atoms with Crippen LogP contribution >= 0.6 is 11.6 Å². The number of aromatic nitrogens is 5. The summed E-state index contributed by atoms with van der Waals surface area (Å²) in [6.45, 7) is 0.214. The maximum atomic E-state index is 11.5. The van der Waals surface area contributed by atoms with Crippen LogP contribution in [-0.4, -0.2) is 31.5 Å². The summed E-state index contributed by atoms with van der Waals surface area (Å²) in [6.07, 6.45) is 1.53. The van der Waals surface area contributed by atoms with Gasteiger partial charge in [-0.2, -0.15) is 5.21 Å². The zero-order valence-corrected chi connectivity index (χ0v) is 8.25. The van der Waals surface area contributed by atoms with Gasteiger partial charge in [-0.05, 0) is 6.07 Å². The predicted molar refractivity (Wildman–Crippen MR) is 51.2 cm³/mol. The van der Waals surface area contributed by atoms with Crippen molar-refractivity contribution in [2.75, 3.05) is 0 Å². The van der Waals surface area contributed by atoms with Crippen molar-refractivity contribution in [1.29, 1.82) is 0 Å². The van der Waals surface area contributed by atoms with Crippen molar-refractivity contribution in [2.24, 2.45) is 0 Å². The molecule has 0 fully saturated rings. The first-order valence-electron chi connectivity index (χ1n) is 4.10. The van der Waals surface area contributed by atoms with E-state index >= 15 is 0 Å². The molecule has 0 aromatic carbocycles. The van der Waals surface area contributed by atoms with Gasteiger partial charge in [-0.15, -0.1) is 10.2 Å². The topological polar surface area (TPSA) is 99.3 Å². The molecule has 0 aliphatic heterocycles. The van der Waals surface area contributed by atoms with E-state index in [-0.39, 0.29) is 12.5 Å². The minimum atomic E-state index is -0.272. The van der Waals surface area contributed by atoms with Gasteiger partial charge in [0.2, 0.25) is 0 Å². The molecule has 0 saturated heterocycles. The number of hydrogen-bond donors (Lipinski definition) is 3. The second-order valence-corrected chi connectivity index (χ2v) is 3.18. The molecule has 3 N–H and O–H groups in total. The Balaban J connectivity index is 1.93. The Labute approximate surface area is 89.2 Å². The smallest absolute Gasteiger partial charge is 0.268 e. The molecule has 0 atom stereocenters. The third-order valence-corrected chi connectivity index (χ3v) is 1.91. The summed E-state index contributed by atoms with van der Waals surface area (Å²) >= 11 is 5.65. The number of H-pyrrole nitrogens is 2. The highest BCUT2D eigenvalue weighted by molar-refractivity contribution is 6.30. The normalized spacial score (nSPS) is 10.2. The molecule has 78 valence electrons. The second kappa shape index (κ2) is 4.09. The van der Waals surface area contributed by atoms with Gasteiger partial charge in [-0.1, -0.05) is 16.8 Å². The molecule has 8 heteroatoms. The lowest BCUT2D eigenvalue weighted by Crippen LogP contribution is -2.23. The first-order chi connectivity index (χ1) is 7.25. The maximum Gasteiger partial charge on any atom is 0.268 e. The summed E-state index contributed by atoms with van der Waals surface area (Å²) < 4.78 is 0. The van der Waals surface area contributed by atoms with Crippen LogP contribution in [-0.2, 0) is 6.54 Å². The number of carbonyl (C=O) groups is 1. The Morgan fingerprint density at radius 1 is 1.60 bits per heavy atom. The van der Waals surface area contributed by atoms with E-state index < -0.39 is 0 Å². The Morgan fingerprint density at radius 3 is 3.07 bits per heavy atom. The molecule has 0 bridgehead atoms. The Hall–Kier alpha value is -1.89. The molecule has 0 saturated carbocycles. The average molecular weight is 227 g/mol. The van der Waals surface area contributed by atoms with Gasteiger partial charge in [0.1, 0.15) is 5.69 Å². The van der Waals surface area contributed by atoms with E-state index in [2.05, 4.69) is 30.9 Å². The molecule has 0 spiro atoms. The van der Waals surface area contributed by atoms with Crippen LogP contribution in [0, 0.1) is 0 Å². The number of carbonyl (C=O) groups excluding carboxylic acids is 1. The SMILES string of the molecule is O=C(NCc1nn[nH]n1)c1cc(Cl)c[nH]1. The van der Waals surface area contributed by atoms with Crippen LogP contribution < -0.4 is 5.32 Å². The number of amides is 1. The van der Waals surface area contributed by atoms with Crippen molar-refractivity contribution < 1.29 is 4.79 Å². The average Bonchev–Trinajstić information content (AvgIpc) is 2.84. The summed E-state index contributed by atoms with van der Waals surface area (Å²) in [5.41, 5.74) is 0.392. The maximum absolute atomic E-state index is 11.5. The molecule has 2 aromatic heterocycles. The third kappa shape index (κ3) is 2.32. The standard InChI is InChI=1S/C7H7ClN6O/c8-4-1-5(9-2-4)7(15)10-3-6-11-13-14-12-6/h1-2,9H,3H2,(H,10,15)(H,11,12,13,14). The first-order valence-corrected chi connectivity index (χ1v) is 4.48. The van der Waals surface area contributed by atoms with Gasteiger partial charge in [0.25, 0.3) is 5.91 Å². The van der Waals surface area contributed by atoms with Crippen LogP contribution in [0.15, 0.2) is 12.3 Å². The number of rotatable bonds is 3. The van der Waals surface area contributed by atoms with Crippen LogP contribution in [0.25, 0.3) is 0 Å². The zero-order valence-electron chi connectivity index (χ0n) is 7.49. The lowest BCUT2D eigenvalue weighted by atomic mass is 10.4.